The smallest absolute Gasteiger partial charge is 0.0137 e. The van der Waals surface area contributed by atoms with Gasteiger partial charge in [0.15, 0.2) is 0 Å². The van der Waals surface area contributed by atoms with Gasteiger partial charge in [0.1, 0.15) is 0 Å². The van der Waals surface area contributed by atoms with Crippen molar-refractivity contribution in [2.24, 2.45) is 0 Å². The summed E-state index contributed by atoms with van der Waals surface area (Å²) in [6, 6.07) is 0. The van der Waals surface area contributed by atoms with Crippen LogP contribution in [0.1, 0.15) is 27.2 Å². The highest BCUT2D eigenvalue weighted by atomic mass is 15.2. The van der Waals surface area contributed by atoms with E-state index in [1.165, 1.54) is 26.1 Å². The summed E-state index contributed by atoms with van der Waals surface area (Å²) in [7, 11) is 0. The molecular weight excluding hydrogens is 136 g/mol. The third-order valence-corrected chi connectivity index (χ3v) is 2.53. The Morgan fingerprint density at radius 3 is 2.73 bits per heavy atom. The van der Waals surface area contributed by atoms with Gasteiger partial charge in [-0.15, -0.1) is 0 Å². The van der Waals surface area contributed by atoms with Crippen LogP contribution in [0.5, 0.6) is 0 Å². The molecule has 0 aromatic heterocycles. The van der Waals surface area contributed by atoms with Crippen molar-refractivity contribution < 1.29 is 0 Å². The predicted molar refractivity (Wildman–Crippen MR) is 48.8 cm³/mol. The molecule has 1 saturated heterocycles. The largest absolute Gasteiger partial charge is 0.310 e. The maximum absolute atomic E-state index is 3.54. The van der Waals surface area contributed by atoms with Gasteiger partial charge in [-0.3, -0.25) is 0 Å². The fourth-order valence-corrected chi connectivity index (χ4v) is 1.51. The fraction of sp³-hybridized carbons (Fsp3) is 1.00. The second kappa shape index (κ2) is 3.55. The molecule has 1 fully saturated rings. The van der Waals surface area contributed by atoms with Crippen molar-refractivity contribution in [2.75, 3.05) is 26.2 Å². The summed E-state index contributed by atoms with van der Waals surface area (Å²) >= 11 is 0. The molecule has 0 atom stereocenters. The van der Waals surface area contributed by atoms with Crippen LogP contribution in [-0.4, -0.2) is 36.6 Å². The Hall–Kier alpha value is -0.0800. The van der Waals surface area contributed by atoms with Gasteiger partial charge in [0, 0.05) is 18.6 Å². The molecule has 0 unspecified atom stereocenters. The summed E-state index contributed by atoms with van der Waals surface area (Å²) in [4.78, 5) is 2.50. The van der Waals surface area contributed by atoms with Gasteiger partial charge in [-0.25, -0.2) is 0 Å². The van der Waals surface area contributed by atoms with E-state index in [9.17, 15) is 0 Å². The van der Waals surface area contributed by atoms with Crippen LogP contribution in [0.15, 0.2) is 0 Å². The average molecular weight is 156 g/mol. The fourth-order valence-electron chi connectivity index (χ4n) is 1.51. The van der Waals surface area contributed by atoms with E-state index in [2.05, 4.69) is 31.0 Å². The summed E-state index contributed by atoms with van der Waals surface area (Å²) in [5, 5.41) is 3.54. The Morgan fingerprint density at radius 2 is 2.09 bits per heavy atom. The highest BCUT2D eigenvalue weighted by molar-refractivity contribution is 4.82. The molecule has 2 nitrogen and oxygen atoms in total. The Kier molecular flexibility index (Phi) is 2.90. The predicted octanol–water partition coefficient (Wildman–Crippen LogP) is 1.08. The first-order valence-corrected chi connectivity index (χ1v) is 4.61. The lowest BCUT2D eigenvalue weighted by Gasteiger charge is -2.23. The third-order valence-electron chi connectivity index (χ3n) is 2.53. The van der Waals surface area contributed by atoms with Gasteiger partial charge in [-0.05, 0) is 33.4 Å². The second-order valence-corrected chi connectivity index (χ2v) is 3.99. The molecule has 0 saturated carbocycles. The zero-order valence-electron chi connectivity index (χ0n) is 7.98. The van der Waals surface area contributed by atoms with E-state index in [-0.39, 0.29) is 0 Å². The summed E-state index contributed by atoms with van der Waals surface area (Å²) in [5.41, 5.74) is 0.351. The van der Waals surface area contributed by atoms with Crippen molar-refractivity contribution in [3.8, 4) is 0 Å². The molecular formula is C9H20N2. The van der Waals surface area contributed by atoms with Gasteiger partial charge >= 0.3 is 0 Å². The number of likely N-dealkylation sites (N-methyl/N-ethyl adjacent to an activating group) is 1. The second-order valence-electron chi connectivity index (χ2n) is 3.99. The SMILES string of the molecule is CCN1CCNC(C)(C)CC1. The van der Waals surface area contributed by atoms with Crippen LogP contribution in [0.3, 0.4) is 0 Å². The van der Waals surface area contributed by atoms with Crippen molar-refractivity contribution in [3.05, 3.63) is 0 Å². The Labute approximate surface area is 70.0 Å². The Morgan fingerprint density at radius 1 is 1.36 bits per heavy atom. The van der Waals surface area contributed by atoms with Crippen molar-refractivity contribution in [2.45, 2.75) is 32.7 Å². The molecule has 1 aliphatic rings. The van der Waals surface area contributed by atoms with Crippen molar-refractivity contribution >= 4 is 0 Å². The van der Waals surface area contributed by atoms with Gasteiger partial charge in [-0.1, -0.05) is 6.92 Å². The monoisotopic (exact) mass is 156 g/mol. The normalized spacial score (nSPS) is 26.5. The molecule has 0 aromatic rings. The minimum Gasteiger partial charge on any atom is -0.310 e. The van der Waals surface area contributed by atoms with Crippen LogP contribution < -0.4 is 5.32 Å². The van der Waals surface area contributed by atoms with Crippen LogP contribution in [0.4, 0.5) is 0 Å². The van der Waals surface area contributed by atoms with Crippen LogP contribution in [0.25, 0.3) is 0 Å². The number of rotatable bonds is 1. The van der Waals surface area contributed by atoms with E-state index in [1.807, 2.05) is 0 Å². The molecule has 0 aromatic carbocycles. The lowest BCUT2D eigenvalue weighted by molar-refractivity contribution is 0.298. The van der Waals surface area contributed by atoms with Gasteiger partial charge in [-0.2, -0.15) is 0 Å². The number of hydrogen-bond acceptors (Lipinski definition) is 2. The van der Waals surface area contributed by atoms with E-state index >= 15 is 0 Å². The molecule has 2 heteroatoms. The van der Waals surface area contributed by atoms with E-state index < -0.39 is 0 Å². The molecule has 1 N–H and O–H groups in total. The zero-order chi connectivity index (χ0) is 8.32. The lowest BCUT2D eigenvalue weighted by atomic mass is 10.0. The number of nitrogens with one attached hydrogen (secondary N) is 1. The Bertz CT molecular complexity index is 121. The molecule has 1 heterocycles. The molecule has 1 aliphatic heterocycles. The molecule has 0 bridgehead atoms. The van der Waals surface area contributed by atoms with Gasteiger partial charge < -0.3 is 10.2 Å². The first kappa shape index (κ1) is 9.01. The van der Waals surface area contributed by atoms with Gasteiger partial charge in [0.25, 0.3) is 0 Å². The quantitative estimate of drug-likeness (QED) is 0.611. The lowest BCUT2D eigenvalue weighted by Crippen LogP contribution is -2.39. The average Bonchev–Trinajstić information content (AvgIpc) is 2.10. The van der Waals surface area contributed by atoms with E-state index in [4.69, 9.17) is 0 Å². The standard InChI is InChI=1S/C9H20N2/c1-4-11-7-5-9(2,3)10-6-8-11/h10H,4-8H2,1-3H3. The molecule has 0 aliphatic carbocycles. The number of nitrogens with zero attached hydrogens (tertiary/aromatic N) is 1. The van der Waals surface area contributed by atoms with Crippen LogP contribution in [0, 0.1) is 0 Å². The van der Waals surface area contributed by atoms with Crippen LogP contribution >= 0.6 is 0 Å². The van der Waals surface area contributed by atoms with Gasteiger partial charge in [0.05, 0.1) is 0 Å². The summed E-state index contributed by atoms with van der Waals surface area (Å²) in [6.07, 6.45) is 1.26. The minimum atomic E-state index is 0.351. The summed E-state index contributed by atoms with van der Waals surface area (Å²) < 4.78 is 0. The first-order valence-electron chi connectivity index (χ1n) is 4.61. The Balaban J connectivity index is 2.39. The molecule has 66 valence electrons. The maximum Gasteiger partial charge on any atom is 0.0137 e. The molecule has 0 spiro atoms. The molecule has 1 rings (SSSR count). The third kappa shape index (κ3) is 2.80. The van der Waals surface area contributed by atoms with Crippen LogP contribution in [-0.2, 0) is 0 Å². The first-order chi connectivity index (χ1) is 5.14. The van der Waals surface area contributed by atoms with E-state index in [0.717, 1.165) is 6.54 Å². The summed E-state index contributed by atoms with van der Waals surface area (Å²) in [5.74, 6) is 0. The van der Waals surface area contributed by atoms with Crippen molar-refractivity contribution in [1.29, 1.82) is 0 Å². The minimum absolute atomic E-state index is 0.351. The molecule has 0 amide bonds. The number of hydrogen-bond donors (Lipinski definition) is 1. The highest BCUT2D eigenvalue weighted by Gasteiger charge is 2.20. The zero-order valence-corrected chi connectivity index (χ0v) is 7.98. The topological polar surface area (TPSA) is 15.3 Å². The highest BCUT2D eigenvalue weighted by Crippen LogP contribution is 2.11. The van der Waals surface area contributed by atoms with Crippen molar-refractivity contribution in [1.82, 2.24) is 10.2 Å². The maximum atomic E-state index is 3.54. The summed E-state index contributed by atoms with van der Waals surface area (Å²) in [6.45, 7) is 11.6. The van der Waals surface area contributed by atoms with Gasteiger partial charge in [0.2, 0.25) is 0 Å². The van der Waals surface area contributed by atoms with E-state index in [1.54, 1.807) is 0 Å². The van der Waals surface area contributed by atoms with Crippen LogP contribution in [0.2, 0.25) is 0 Å². The van der Waals surface area contributed by atoms with E-state index in [0.29, 0.717) is 5.54 Å². The molecule has 0 radical (unpaired) electrons. The van der Waals surface area contributed by atoms with Crippen molar-refractivity contribution in [3.63, 3.8) is 0 Å². The molecule has 11 heavy (non-hydrogen) atoms.